The Morgan fingerprint density at radius 1 is 1.29 bits per heavy atom. The van der Waals surface area contributed by atoms with Gasteiger partial charge in [0.1, 0.15) is 16.5 Å². The summed E-state index contributed by atoms with van der Waals surface area (Å²) in [6.07, 6.45) is 4.48. The molecule has 2 rings (SSSR count). The maximum absolute atomic E-state index is 10.8. The maximum atomic E-state index is 10.8. The molecule has 0 bridgehead atoms. The van der Waals surface area contributed by atoms with E-state index in [2.05, 4.69) is 11.9 Å². The summed E-state index contributed by atoms with van der Waals surface area (Å²) in [7, 11) is 1.62. The van der Waals surface area contributed by atoms with Gasteiger partial charge in [0.2, 0.25) is 0 Å². The Kier molecular flexibility index (Phi) is 7.06. The molecule has 6 heteroatoms. The van der Waals surface area contributed by atoms with Gasteiger partial charge in [-0.25, -0.2) is 4.98 Å². The Labute approximate surface area is 146 Å². The van der Waals surface area contributed by atoms with Crippen LogP contribution in [-0.2, 0) is 11.2 Å². The van der Waals surface area contributed by atoms with Crippen LogP contribution in [0.4, 0.5) is 0 Å². The van der Waals surface area contributed by atoms with Gasteiger partial charge in [-0.2, -0.15) is 0 Å². The summed E-state index contributed by atoms with van der Waals surface area (Å²) in [5, 5.41) is 11.4. The number of carboxylic acids is 1. The van der Waals surface area contributed by atoms with Crippen LogP contribution in [0, 0.1) is 0 Å². The number of nitrogens with zero attached hydrogens (tertiary/aromatic N) is 1. The molecule has 0 amide bonds. The van der Waals surface area contributed by atoms with Crippen LogP contribution in [0.25, 0.3) is 10.6 Å². The predicted octanol–water partition coefficient (Wildman–Crippen LogP) is 4.40. The first kappa shape index (κ1) is 18.3. The van der Waals surface area contributed by atoms with Gasteiger partial charge in [0.25, 0.3) is 0 Å². The number of benzene rings is 1. The molecule has 0 fully saturated rings. The lowest BCUT2D eigenvalue weighted by Crippen LogP contribution is -2.01. The highest BCUT2D eigenvalue weighted by atomic mass is 32.1. The Bertz CT molecular complexity index is 669. The van der Waals surface area contributed by atoms with Crippen molar-refractivity contribution >= 4 is 17.3 Å². The molecule has 1 aromatic carbocycles. The molecule has 1 aromatic heterocycles. The van der Waals surface area contributed by atoms with E-state index < -0.39 is 5.97 Å². The largest absolute Gasteiger partial charge is 0.497 e. The summed E-state index contributed by atoms with van der Waals surface area (Å²) in [5.41, 5.74) is 1.43. The van der Waals surface area contributed by atoms with Gasteiger partial charge in [-0.05, 0) is 18.6 Å². The van der Waals surface area contributed by atoms with Gasteiger partial charge in [0.05, 0.1) is 31.4 Å². The van der Waals surface area contributed by atoms with Gasteiger partial charge in [0, 0.05) is 11.4 Å². The van der Waals surface area contributed by atoms with Gasteiger partial charge in [-0.3, -0.25) is 4.79 Å². The molecule has 0 aliphatic carbocycles. The molecule has 0 unspecified atom stereocenters. The molecule has 0 aliphatic rings. The average molecular weight is 349 g/mol. The SMILES string of the molecule is CCCCCCOc1cc(OC)ccc1-c1nc(CC(=O)O)cs1. The zero-order valence-electron chi connectivity index (χ0n) is 14.1. The molecular formula is C18H23NO4S. The number of carbonyl (C=O) groups is 1. The fourth-order valence-corrected chi connectivity index (χ4v) is 3.15. The highest BCUT2D eigenvalue weighted by Crippen LogP contribution is 2.35. The van der Waals surface area contributed by atoms with E-state index in [0.717, 1.165) is 34.9 Å². The molecule has 1 heterocycles. The summed E-state index contributed by atoms with van der Waals surface area (Å²) in [6, 6.07) is 5.62. The highest BCUT2D eigenvalue weighted by Gasteiger charge is 2.13. The third-order valence-corrected chi connectivity index (χ3v) is 4.48. The number of aliphatic carboxylic acids is 1. The van der Waals surface area contributed by atoms with E-state index in [1.54, 1.807) is 12.5 Å². The second kappa shape index (κ2) is 9.27. The van der Waals surface area contributed by atoms with Crippen molar-refractivity contribution in [1.82, 2.24) is 4.98 Å². The Morgan fingerprint density at radius 2 is 2.12 bits per heavy atom. The molecule has 0 saturated carbocycles. The van der Waals surface area contributed by atoms with Crippen LogP contribution in [0.1, 0.15) is 38.3 Å². The number of carboxylic acid groups (broad SMARTS) is 1. The zero-order chi connectivity index (χ0) is 17.4. The molecule has 0 aliphatic heterocycles. The summed E-state index contributed by atoms with van der Waals surface area (Å²) in [4.78, 5) is 15.2. The number of methoxy groups -OCH3 is 1. The van der Waals surface area contributed by atoms with Crippen molar-refractivity contribution in [1.29, 1.82) is 0 Å². The number of aromatic nitrogens is 1. The van der Waals surface area contributed by atoms with E-state index in [9.17, 15) is 4.79 Å². The van der Waals surface area contributed by atoms with Crippen LogP contribution < -0.4 is 9.47 Å². The quantitative estimate of drug-likeness (QED) is 0.644. The number of unbranched alkanes of at least 4 members (excludes halogenated alkanes) is 3. The van der Waals surface area contributed by atoms with Crippen molar-refractivity contribution in [3.8, 4) is 22.1 Å². The van der Waals surface area contributed by atoms with E-state index in [4.69, 9.17) is 14.6 Å². The van der Waals surface area contributed by atoms with E-state index in [1.807, 2.05) is 18.2 Å². The fourth-order valence-electron chi connectivity index (χ4n) is 2.30. The molecule has 1 N–H and O–H groups in total. The second-order valence-corrected chi connectivity index (χ2v) is 6.34. The smallest absolute Gasteiger partial charge is 0.309 e. The van der Waals surface area contributed by atoms with Crippen LogP contribution in [0.5, 0.6) is 11.5 Å². The van der Waals surface area contributed by atoms with Crippen LogP contribution in [-0.4, -0.2) is 29.8 Å². The third kappa shape index (κ3) is 5.23. The molecule has 0 atom stereocenters. The number of hydrogen-bond acceptors (Lipinski definition) is 5. The van der Waals surface area contributed by atoms with Crippen molar-refractivity contribution in [2.45, 2.75) is 39.0 Å². The third-order valence-electron chi connectivity index (χ3n) is 3.56. The number of ether oxygens (including phenoxy) is 2. The highest BCUT2D eigenvalue weighted by molar-refractivity contribution is 7.13. The molecule has 2 aromatic rings. The van der Waals surface area contributed by atoms with Gasteiger partial charge < -0.3 is 14.6 Å². The Morgan fingerprint density at radius 3 is 2.83 bits per heavy atom. The van der Waals surface area contributed by atoms with Crippen molar-refractivity contribution in [3.05, 3.63) is 29.3 Å². The Balaban J connectivity index is 2.15. The lowest BCUT2D eigenvalue weighted by Gasteiger charge is -2.11. The summed E-state index contributed by atoms with van der Waals surface area (Å²) >= 11 is 1.42. The summed E-state index contributed by atoms with van der Waals surface area (Å²) in [5.74, 6) is 0.570. The molecule has 130 valence electrons. The minimum atomic E-state index is -0.881. The topological polar surface area (TPSA) is 68.7 Å². The summed E-state index contributed by atoms with van der Waals surface area (Å²) in [6.45, 7) is 2.83. The van der Waals surface area contributed by atoms with Crippen LogP contribution in [0.15, 0.2) is 23.6 Å². The monoisotopic (exact) mass is 349 g/mol. The summed E-state index contributed by atoms with van der Waals surface area (Å²) < 4.78 is 11.2. The zero-order valence-corrected chi connectivity index (χ0v) is 14.9. The van der Waals surface area contributed by atoms with E-state index >= 15 is 0 Å². The van der Waals surface area contributed by atoms with Crippen LogP contribution in [0.2, 0.25) is 0 Å². The molecular weight excluding hydrogens is 326 g/mol. The van der Waals surface area contributed by atoms with Crippen molar-refractivity contribution in [3.63, 3.8) is 0 Å². The first-order valence-corrected chi connectivity index (χ1v) is 8.99. The second-order valence-electron chi connectivity index (χ2n) is 5.49. The molecule has 0 saturated heterocycles. The molecule has 0 radical (unpaired) electrons. The van der Waals surface area contributed by atoms with Gasteiger partial charge in [0.15, 0.2) is 0 Å². The molecule has 24 heavy (non-hydrogen) atoms. The Hall–Kier alpha value is -2.08. The lowest BCUT2D eigenvalue weighted by atomic mass is 10.2. The number of rotatable bonds is 10. The van der Waals surface area contributed by atoms with Crippen LogP contribution >= 0.6 is 11.3 Å². The van der Waals surface area contributed by atoms with E-state index in [-0.39, 0.29) is 6.42 Å². The number of thiazole rings is 1. The van der Waals surface area contributed by atoms with Crippen molar-refractivity contribution < 1.29 is 19.4 Å². The van der Waals surface area contributed by atoms with Crippen LogP contribution in [0.3, 0.4) is 0 Å². The number of hydrogen-bond donors (Lipinski definition) is 1. The molecule has 0 spiro atoms. The van der Waals surface area contributed by atoms with Gasteiger partial charge in [-0.15, -0.1) is 11.3 Å². The first-order chi connectivity index (χ1) is 11.6. The minimum Gasteiger partial charge on any atom is -0.497 e. The maximum Gasteiger partial charge on any atom is 0.309 e. The fraction of sp³-hybridized carbons (Fsp3) is 0.444. The predicted molar refractivity (Wildman–Crippen MR) is 95.1 cm³/mol. The van der Waals surface area contributed by atoms with Gasteiger partial charge >= 0.3 is 5.97 Å². The first-order valence-electron chi connectivity index (χ1n) is 8.11. The molecule has 5 nitrogen and oxygen atoms in total. The standard InChI is InChI=1S/C18H23NO4S/c1-3-4-5-6-9-23-16-11-14(22-2)7-8-15(16)18-19-13(12-24-18)10-17(20)21/h7-8,11-12H,3-6,9-10H2,1-2H3,(H,20,21). The van der Waals surface area contributed by atoms with Crippen molar-refractivity contribution in [2.75, 3.05) is 13.7 Å². The minimum absolute atomic E-state index is 0.0696. The van der Waals surface area contributed by atoms with E-state index in [0.29, 0.717) is 12.3 Å². The lowest BCUT2D eigenvalue weighted by molar-refractivity contribution is -0.136. The van der Waals surface area contributed by atoms with Gasteiger partial charge in [-0.1, -0.05) is 26.2 Å². The average Bonchev–Trinajstić information content (AvgIpc) is 3.02. The normalized spacial score (nSPS) is 10.6. The van der Waals surface area contributed by atoms with E-state index in [1.165, 1.54) is 24.2 Å². The van der Waals surface area contributed by atoms with Crippen molar-refractivity contribution in [2.24, 2.45) is 0 Å².